The third kappa shape index (κ3) is 3.95. The van der Waals surface area contributed by atoms with Gasteiger partial charge < -0.3 is 14.3 Å². The molecule has 0 radical (unpaired) electrons. The average Bonchev–Trinajstić information content (AvgIpc) is 3.61. The Balaban J connectivity index is 1.40. The molecule has 6 rings (SSSR count). The number of nitrogens with zero attached hydrogens (tertiary/aromatic N) is 7. The van der Waals surface area contributed by atoms with Gasteiger partial charge in [-0.3, -0.25) is 4.98 Å². The second kappa shape index (κ2) is 8.04. The van der Waals surface area contributed by atoms with Crippen LogP contribution in [-0.2, 0) is 18.8 Å². The molecule has 0 fully saturated rings. The van der Waals surface area contributed by atoms with Gasteiger partial charge in [0.2, 0.25) is 0 Å². The second-order valence-electron chi connectivity index (χ2n) is 8.25. The molecule has 0 unspecified atom stereocenters. The largest absolute Gasteiger partial charge is 0.418 e. The van der Waals surface area contributed by atoms with Crippen LogP contribution in [0.15, 0.2) is 53.5 Å². The minimum Gasteiger partial charge on any atom is -0.402 e. The van der Waals surface area contributed by atoms with Gasteiger partial charge in [0.05, 0.1) is 34.4 Å². The SMILES string of the molecule is FC(F)(F)c1ccc(-c2nnc(N3CCc4[nH]cnc4[C@@H]3c3cc4c(C(F)(F)F)cccn4n3)o2)nc1. The Kier molecular flexibility index (Phi) is 5.00. The van der Waals surface area contributed by atoms with Crippen molar-refractivity contribution in [2.45, 2.75) is 24.8 Å². The van der Waals surface area contributed by atoms with E-state index < -0.39 is 29.5 Å². The zero-order chi connectivity index (χ0) is 25.9. The molecule has 9 nitrogen and oxygen atoms in total. The van der Waals surface area contributed by atoms with E-state index in [1.165, 1.54) is 24.7 Å². The van der Waals surface area contributed by atoms with Gasteiger partial charge >= 0.3 is 18.4 Å². The molecule has 0 saturated carbocycles. The number of rotatable bonds is 3. The number of pyridine rings is 2. The van der Waals surface area contributed by atoms with Crippen LogP contribution in [0.3, 0.4) is 0 Å². The second-order valence-corrected chi connectivity index (χ2v) is 8.25. The molecule has 1 aliphatic rings. The van der Waals surface area contributed by atoms with E-state index in [-0.39, 0.29) is 28.8 Å². The van der Waals surface area contributed by atoms with Crippen LogP contribution in [0.5, 0.6) is 0 Å². The van der Waals surface area contributed by atoms with Gasteiger partial charge in [-0.25, -0.2) is 9.50 Å². The predicted molar refractivity (Wildman–Crippen MR) is 114 cm³/mol. The first-order chi connectivity index (χ1) is 17.6. The van der Waals surface area contributed by atoms with Crippen molar-refractivity contribution in [1.82, 2.24) is 34.8 Å². The summed E-state index contributed by atoms with van der Waals surface area (Å²) in [6.45, 7) is 0.321. The van der Waals surface area contributed by atoms with Crippen LogP contribution in [0.25, 0.3) is 17.1 Å². The summed E-state index contributed by atoms with van der Waals surface area (Å²) in [5, 5.41) is 12.3. The van der Waals surface area contributed by atoms with E-state index in [9.17, 15) is 26.3 Å². The van der Waals surface area contributed by atoms with Gasteiger partial charge in [-0.15, -0.1) is 5.10 Å². The first kappa shape index (κ1) is 23.0. The number of hydrogen-bond acceptors (Lipinski definition) is 7. The lowest BCUT2D eigenvalue weighted by molar-refractivity contribution is -0.138. The summed E-state index contributed by atoms with van der Waals surface area (Å²) in [6, 6.07) is 4.74. The smallest absolute Gasteiger partial charge is 0.402 e. The topological polar surface area (TPSA) is 101 Å². The minimum atomic E-state index is -4.58. The predicted octanol–water partition coefficient (Wildman–Crippen LogP) is 4.69. The molecule has 15 heteroatoms. The van der Waals surface area contributed by atoms with Gasteiger partial charge in [0.1, 0.15) is 11.7 Å². The summed E-state index contributed by atoms with van der Waals surface area (Å²) < 4.78 is 86.2. The number of fused-ring (bicyclic) bond motifs is 2. The molecule has 5 aromatic heterocycles. The van der Waals surface area contributed by atoms with E-state index in [2.05, 4.69) is 30.2 Å². The third-order valence-corrected chi connectivity index (χ3v) is 6.00. The van der Waals surface area contributed by atoms with Crippen LogP contribution in [0, 0.1) is 0 Å². The number of aromatic nitrogens is 7. The number of alkyl halides is 6. The van der Waals surface area contributed by atoms with Crippen LogP contribution < -0.4 is 4.90 Å². The average molecular weight is 520 g/mol. The maximum Gasteiger partial charge on any atom is 0.418 e. The number of imidazole rings is 1. The highest BCUT2D eigenvalue weighted by molar-refractivity contribution is 5.59. The van der Waals surface area contributed by atoms with E-state index in [1.54, 1.807) is 4.90 Å². The fraction of sp³-hybridized carbons (Fsp3) is 0.227. The van der Waals surface area contributed by atoms with Crippen molar-refractivity contribution >= 4 is 11.5 Å². The molecule has 0 aromatic carbocycles. The summed E-state index contributed by atoms with van der Waals surface area (Å²) in [5.41, 5.74) is -0.308. The fourth-order valence-electron chi connectivity index (χ4n) is 4.31. The Hall–Kier alpha value is -4.43. The number of nitrogens with one attached hydrogen (secondary N) is 1. The van der Waals surface area contributed by atoms with Crippen molar-refractivity contribution in [2.24, 2.45) is 0 Å². The van der Waals surface area contributed by atoms with Crippen LogP contribution in [0.1, 0.15) is 34.3 Å². The first-order valence-corrected chi connectivity index (χ1v) is 10.8. The Bertz CT molecular complexity index is 1580. The lowest BCUT2D eigenvalue weighted by Gasteiger charge is -2.32. The lowest BCUT2D eigenvalue weighted by atomic mass is 10.00. The van der Waals surface area contributed by atoms with E-state index >= 15 is 0 Å². The van der Waals surface area contributed by atoms with Gasteiger partial charge in [-0.05, 0) is 30.3 Å². The van der Waals surface area contributed by atoms with Crippen LogP contribution in [0.4, 0.5) is 32.4 Å². The number of halogens is 6. The molecule has 0 bridgehead atoms. The molecule has 0 spiro atoms. The molecule has 1 atom stereocenters. The number of H-pyrrole nitrogens is 1. The molecule has 37 heavy (non-hydrogen) atoms. The standard InChI is InChI=1S/C22H14F6N8O/c23-21(24,25)11-3-4-14(29-9-11)19-32-33-20(37-19)35-7-5-13-17(31-10-30-13)18(35)15-8-16-12(22(26,27)28)2-1-6-36(16)34-15/h1-4,6,8-10,18H,5,7H2,(H,30,31)/t18-/m0/s1. The van der Waals surface area contributed by atoms with Crippen molar-refractivity contribution in [2.75, 3.05) is 11.4 Å². The molecule has 6 heterocycles. The minimum absolute atomic E-state index is 0.0107. The fourth-order valence-corrected chi connectivity index (χ4v) is 4.31. The van der Waals surface area contributed by atoms with Crippen molar-refractivity contribution in [3.05, 3.63) is 77.3 Å². The molecular weight excluding hydrogens is 506 g/mol. The van der Waals surface area contributed by atoms with Gasteiger partial charge in [0.25, 0.3) is 5.89 Å². The molecule has 1 aliphatic heterocycles. The molecule has 0 saturated heterocycles. The van der Waals surface area contributed by atoms with E-state index in [0.717, 1.165) is 28.4 Å². The maximum atomic E-state index is 13.6. The van der Waals surface area contributed by atoms with Gasteiger partial charge in [0.15, 0.2) is 0 Å². The lowest BCUT2D eigenvalue weighted by Crippen LogP contribution is -2.36. The summed E-state index contributed by atoms with van der Waals surface area (Å²) >= 11 is 0. The summed E-state index contributed by atoms with van der Waals surface area (Å²) in [7, 11) is 0. The zero-order valence-corrected chi connectivity index (χ0v) is 18.4. The van der Waals surface area contributed by atoms with Crippen LogP contribution in [0.2, 0.25) is 0 Å². The van der Waals surface area contributed by atoms with Crippen molar-refractivity contribution in [1.29, 1.82) is 0 Å². The summed E-state index contributed by atoms with van der Waals surface area (Å²) in [5.74, 6) is -0.121. The van der Waals surface area contributed by atoms with Gasteiger partial charge in [-0.2, -0.15) is 31.4 Å². The van der Waals surface area contributed by atoms with Gasteiger partial charge in [-0.1, -0.05) is 5.10 Å². The van der Waals surface area contributed by atoms with Crippen LogP contribution >= 0.6 is 0 Å². The molecule has 190 valence electrons. The van der Waals surface area contributed by atoms with Crippen LogP contribution in [-0.4, -0.2) is 41.3 Å². The monoisotopic (exact) mass is 520 g/mol. The van der Waals surface area contributed by atoms with Crippen molar-refractivity contribution in [3.8, 4) is 11.6 Å². The zero-order valence-electron chi connectivity index (χ0n) is 18.4. The third-order valence-electron chi connectivity index (χ3n) is 6.00. The molecule has 0 aliphatic carbocycles. The Morgan fingerprint density at radius 2 is 1.84 bits per heavy atom. The summed E-state index contributed by atoms with van der Waals surface area (Å²) in [4.78, 5) is 12.8. The highest BCUT2D eigenvalue weighted by atomic mass is 19.4. The molecule has 5 aromatic rings. The highest BCUT2D eigenvalue weighted by Gasteiger charge is 2.38. The highest BCUT2D eigenvalue weighted by Crippen LogP contribution is 2.39. The molecular formula is C22H14F6N8O. The Morgan fingerprint density at radius 3 is 2.57 bits per heavy atom. The number of anilines is 1. The Labute approximate surface area is 202 Å². The maximum absolute atomic E-state index is 13.6. The number of hydrogen-bond donors (Lipinski definition) is 1. The summed E-state index contributed by atoms with van der Waals surface area (Å²) in [6.07, 6.45) is -5.10. The normalized spacial score (nSPS) is 16.4. The quantitative estimate of drug-likeness (QED) is 0.345. The van der Waals surface area contributed by atoms with Crippen molar-refractivity contribution in [3.63, 3.8) is 0 Å². The first-order valence-electron chi connectivity index (χ1n) is 10.8. The van der Waals surface area contributed by atoms with E-state index in [1.807, 2.05) is 0 Å². The van der Waals surface area contributed by atoms with Crippen molar-refractivity contribution < 1.29 is 30.8 Å². The number of aromatic amines is 1. The Morgan fingerprint density at radius 1 is 1.00 bits per heavy atom. The van der Waals surface area contributed by atoms with E-state index in [4.69, 9.17) is 4.42 Å². The van der Waals surface area contributed by atoms with Gasteiger partial charge in [0, 0.05) is 31.1 Å². The molecule has 1 N–H and O–H groups in total. The van der Waals surface area contributed by atoms with E-state index in [0.29, 0.717) is 24.9 Å². The molecule has 0 amide bonds.